The van der Waals surface area contributed by atoms with Crippen LogP contribution in [0.4, 0.5) is 5.95 Å². The Labute approximate surface area is 93.5 Å². The second-order valence-electron chi connectivity index (χ2n) is 3.81. The van der Waals surface area contributed by atoms with Crippen LogP contribution in [-0.2, 0) is 0 Å². The summed E-state index contributed by atoms with van der Waals surface area (Å²) in [6.45, 7) is 3.92. The van der Waals surface area contributed by atoms with Crippen LogP contribution in [0.15, 0.2) is 24.5 Å². The lowest BCUT2D eigenvalue weighted by molar-refractivity contribution is 0.580. The first-order chi connectivity index (χ1) is 7.93. The highest BCUT2D eigenvalue weighted by Crippen LogP contribution is 2.12. The van der Waals surface area contributed by atoms with Crippen LogP contribution in [0.5, 0.6) is 0 Å². The van der Waals surface area contributed by atoms with Crippen LogP contribution in [0.1, 0.15) is 0 Å². The van der Waals surface area contributed by atoms with Gasteiger partial charge in [-0.3, -0.25) is 4.98 Å². The average Bonchev–Trinajstić information content (AvgIpc) is 2.39. The molecule has 82 valence electrons. The maximum atomic E-state index is 4.52. The van der Waals surface area contributed by atoms with Gasteiger partial charge in [-0.15, -0.1) is 0 Å². The van der Waals surface area contributed by atoms with Gasteiger partial charge in [0.2, 0.25) is 5.95 Å². The summed E-state index contributed by atoms with van der Waals surface area (Å²) < 4.78 is 0. The Bertz CT molecular complexity index is 492. The molecule has 0 saturated carbocycles. The number of nitrogens with zero attached hydrogens (tertiary/aromatic N) is 4. The highest BCUT2D eigenvalue weighted by atomic mass is 15.3. The van der Waals surface area contributed by atoms with E-state index in [9.17, 15) is 0 Å². The van der Waals surface area contributed by atoms with E-state index in [-0.39, 0.29) is 0 Å². The van der Waals surface area contributed by atoms with Crippen LogP contribution in [0.3, 0.4) is 0 Å². The zero-order valence-electron chi connectivity index (χ0n) is 8.93. The number of aromatic nitrogens is 3. The van der Waals surface area contributed by atoms with Crippen LogP contribution < -0.4 is 10.2 Å². The van der Waals surface area contributed by atoms with Crippen molar-refractivity contribution in [3.8, 4) is 0 Å². The van der Waals surface area contributed by atoms with E-state index in [1.807, 2.05) is 12.1 Å². The minimum Gasteiger partial charge on any atom is -0.338 e. The smallest absolute Gasteiger partial charge is 0.226 e. The van der Waals surface area contributed by atoms with Crippen molar-refractivity contribution in [2.75, 3.05) is 31.1 Å². The number of piperazine rings is 1. The van der Waals surface area contributed by atoms with Gasteiger partial charge in [-0.2, -0.15) is 0 Å². The Morgan fingerprint density at radius 1 is 1.12 bits per heavy atom. The minimum atomic E-state index is 0.807. The van der Waals surface area contributed by atoms with Crippen LogP contribution in [-0.4, -0.2) is 41.1 Å². The first-order valence-corrected chi connectivity index (χ1v) is 5.47. The molecule has 2 aromatic rings. The highest BCUT2D eigenvalue weighted by molar-refractivity contribution is 5.73. The lowest BCUT2D eigenvalue weighted by Gasteiger charge is -2.27. The van der Waals surface area contributed by atoms with Gasteiger partial charge < -0.3 is 10.2 Å². The van der Waals surface area contributed by atoms with E-state index in [4.69, 9.17) is 0 Å². The molecule has 0 aromatic carbocycles. The predicted octanol–water partition coefficient (Wildman–Crippen LogP) is 0.434. The summed E-state index contributed by atoms with van der Waals surface area (Å²) in [7, 11) is 0. The van der Waals surface area contributed by atoms with Gasteiger partial charge in [-0.1, -0.05) is 0 Å². The molecule has 1 saturated heterocycles. The second kappa shape index (κ2) is 4.02. The summed E-state index contributed by atoms with van der Waals surface area (Å²) in [6.07, 6.45) is 3.55. The van der Waals surface area contributed by atoms with E-state index in [0.717, 1.165) is 43.2 Å². The Morgan fingerprint density at radius 3 is 2.88 bits per heavy atom. The maximum absolute atomic E-state index is 4.52. The molecule has 5 heteroatoms. The average molecular weight is 215 g/mol. The monoisotopic (exact) mass is 215 g/mol. The molecule has 2 aromatic heterocycles. The molecule has 3 heterocycles. The van der Waals surface area contributed by atoms with E-state index >= 15 is 0 Å². The molecule has 1 aliphatic heterocycles. The van der Waals surface area contributed by atoms with Crippen LogP contribution in [0, 0.1) is 0 Å². The molecule has 0 spiro atoms. The fraction of sp³-hybridized carbons (Fsp3) is 0.364. The zero-order chi connectivity index (χ0) is 10.8. The fourth-order valence-electron chi connectivity index (χ4n) is 1.88. The fourth-order valence-corrected chi connectivity index (χ4v) is 1.88. The molecule has 0 aliphatic carbocycles. The number of fused-ring (bicyclic) bond motifs is 1. The van der Waals surface area contributed by atoms with Crippen molar-refractivity contribution in [2.24, 2.45) is 0 Å². The number of anilines is 1. The van der Waals surface area contributed by atoms with Crippen LogP contribution in [0.2, 0.25) is 0 Å². The van der Waals surface area contributed by atoms with Crippen molar-refractivity contribution < 1.29 is 0 Å². The molecular weight excluding hydrogens is 202 g/mol. The summed E-state index contributed by atoms with van der Waals surface area (Å²) in [5, 5.41) is 3.31. The number of pyridine rings is 1. The third-order valence-electron chi connectivity index (χ3n) is 2.74. The van der Waals surface area contributed by atoms with E-state index in [0.29, 0.717) is 0 Å². The zero-order valence-corrected chi connectivity index (χ0v) is 8.93. The lowest BCUT2D eigenvalue weighted by atomic mass is 10.3. The van der Waals surface area contributed by atoms with E-state index in [1.165, 1.54) is 0 Å². The van der Waals surface area contributed by atoms with Crippen molar-refractivity contribution in [1.82, 2.24) is 20.3 Å². The standard InChI is InChI=1S/C11H13N5/c1-2-9-10(13-3-1)8-14-11(15-9)16-6-4-12-5-7-16/h1-3,8,12H,4-7H2. The molecule has 5 nitrogen and oxygen atoms in total. The highest BCUT2D eigenvalue weighted by Gasteiger charge is 2.13. The Hall–Kier alpha value is -1.75. The van der Waals surface area contributed by atoms with Crippen LogP contribution >= 0.6 is 0 Å². The molecule has 1 aliphatic rings. The third-order valence-corrected chi connectivity index (χ3v) is 2.74. The van der Waals surface area contributed by atoms with Gasteiger partial charge in [0.1, 0.15) is 5.52 Å². The van der Waals surface area contributed by atoms with Crippen LogP contribution in [0.25, 0.3) is 11.0 Å². The van der Waals surface area contributed by atoms with E-state index in [2.05, 4.69) is 25.2 Å². The van der Waals surface area contributed by atoms with E-state index in [1.54, 1.807) is 12.4 Å². The van der Waals surface area contributed by atoms with Gasteiger partial charge in [0.25, 0.3) is 0 Å². The van der Waals surface area contributed by atoms with Gasteiger partial charge >= 0.3 is 0 Å². The van der Waals surface area contributed by atoms with Gasteiger partial charge in [0.05, 0.1) is 11.7 Å². The Morgan fingerprint density at radius 2 is 2.00 bits per heavy atom. The summed E-state index contributed by atoms with van der Waals surface area (Å²) in [4.78, 5) is 15.3. The molecular formula is C11H13N5. The molecule has 1 fully saturated rings. The largest absolute Gasteiger partial charge is 0.338 e. The van der Waals surface area contributed by atoms with Crippen molar-refractivity contribution >= 4 is 17.0 Å². The van der Waals surface area contributed by atoms with Crippen molar-refractivity contribution in [3.05, 3.63) is 24.5 Å². The Kier molecular flexibility index (Phi) is 2.38. The topological polar surface area (TPSA) is 53.9 Å². The van der Waals surface area contributed by atoms with Gasteiger partial charge in [-0.05, 0) is 12.1 Å². The van der Waals surface area contributed by atoms with Gasteiger partial charge in [0, 0.05) is 32.4 Å². The van der Waals surface area contributed by atoms with Gasteiger partial charge in [0.15, 0.2) is 0 Å². The molecule has 16 heavy (non-hydrogen) atoms. The predicted molar refractivity (Wildman–Crippen MR) is 62.4 cm³/mol. The first kappa shape index (κ1) is 9.47. The Balaban J connectivity index is 1.97. The summed E-state index contributed by atoms with van der Waals surface area (Å²) >= 11 is 0. The third kappa shape index (κ3) is 1.69. The molecule has 0 atom stereocenters. The minimum absolute atomic E-state index is 0.807. The molecule has 3 rings (SSSR count). The summed E-state index contributed by atoms with van der Waals surface area (Å²) in [5.41, 5.74) is 1.76. The number of rotatable bonds is 1. The molecule has 0 unspecified atom stereocenters. The van der Waals surface area contributed by atoms with E-state index < -0.39 is 0 Å². The maximum Gasteiger partial charge on any atom is 0.226 e. The number of nitrogens with one attached hydrogen (secondary N) is 1. The number of hydrogen-bond acceptors (Lipinski definition) is 5. The summed E-state index contributed by atoms with van der Waals surface area (Å²) in [5.74, 6) is 0.807. The molecule has 0 amide bonds. The van der Waals surface area contributed by atoms with Gasteiger partial charge in [-0.25, -0.2) is 9.97 Å². The quantitative estimate of drug-likeness (QED) is 0.748. The summed E-state index contributed by atoms with van der Waals surface area (Å²) in [6, 6.07) is 3.87. The first-order valence-electron chi connectivity index (χ1n) is 5.47. The van der Waals surface area contributed by atoms with Crippen molar-refractivity contribution in [1.29, 1.82) is 0 Å². The van der Waals surface area contributed by atoms with Crippen molar-refractivity contribution in [3.63, 3.8) is 0 Å². The molecule has 0 bridgehead atoms. The molecule has 1 N–H and O–H groups in total. The lowest BCUT2D eigenvalue weighted by Crippen LogP contribution is -2.44. The number of hydrogen-bond donors (Lipinski definition) is 1. The van der Waals surface area contributed by atoms with Crippen molar-refractivity contribution in [2.45, 2.75) is 0 Å². The normalized spacial score (nSPS) is 16.6. The molecule has 0 radical (unpaired) electrons. The SMILES string of the molecule is c1cnc2cnc(N3CCNCC3)nc2c1. The second-order valence-corrected chi connectivity index (χ2v) is 3.81.